The summed E-state index contributed by atoms with van der Waals surface area (Å²) >= 11 is 1.31. The first-order valence-electron chi connectivity index (χ1n) is 5.87. The second-order valence-corrected chi connectivity index (χ2v) is 5.44. The average Bonchev–Trinajstić information content (AvgIpc) is 2.76. The van der Waals surface area contributed by atoms with E-state index < -0.39 is 0 Å². The number of nitrogens with zero attached hydrogens (tertiary/aromatic N) is 4. The summed E-state index contributed by atoms with van der Waals surface area (Å²) in [6.07, 6.45) is 2.52. The van der Waals surface area contributed by atoms with E-state index in [-0.39, 0.29) is 0 Å². The fourth-order valence-electron chi connectivity index (χ4n) is 2.23. The highest BCUT2D eigenvalue weighted by atomic mass is 32.1. The molecule has 0 aliphatic carbocycles. The number of rotatable bonds is 4. The third-order valence-corrected chi connectivity index (χ3v) is 3.97. The molecule has 17 heavy (non-hydrogen) atoms. The van der Waals surface area contributed by atoms with Gasteiger partial charge in [0.15, 0.2) is 0 Å². The number of likely N-dealkylation sites (tertiary alicyclic amines) is 1. The van der Waals surface area contributed by atoms with E-state index in [2.05, 4.69) is 38.9 Å². The smallest absolute Gasteiger partial charge is 0.148 e. The van der Waals surface area contributed by atoms with Crippen LogP contribution in [0.1, 0.15) is 18.5 Å². The molecule has 1 aliphatic rings. The molecule has 1 aromatic rings. The van der Waals surface area contributed by atoms with Crippen molar-refractivity contribution in [2.75, 3.05) is 32.6 Å². The first-order valence-corrected chi connectivity index (χ1v) is 6.64. The molecule has 3 N–H and O–H groups in total. The van der Waals surface area contributed by atoms with Crippen LogP contribution in [-0.4, -0.2) is 52.6 Å². The zero-order valence-corrected chi connectivity index (χ0v) is 11.2. The van der Waals surface area contributed by atoms with Gasteiger partial charge in [-0.15, -0.1) is 5.10 Å². The lowest BCUT2D eigenvalue weighted by Gasteiger charge is -2.35. The van der Waals surface area contributed by atoms with Crippen LogP contribution in [0.25, 0.3) is 0 Å². The van der Waals surface area contributed by atoms with Crippen molar-refractivity contribution in [1.82, 2.24) is 19.4 Å². The minimum atomic E-state index is 0.643. The Morgan fingerprint density at radius 3 is 3.12 bits per heavy atom. The highest BCUT2D eigenvalue weighted by molar-refractivity contribution is 7.10. The van der Waals surface area contributed by atoms with Gasteiger partial charge in [-0.05, 0) is 33.5 Å². The van der Waals surface area contributed by atoms with E-state index in [4.69, 9.17) is 5.84 Å². The van der Waals surface area contributed by atoms with E-state index in [9.17, 15) is 0 Å². The number of nitrogens with one attached hydrogen (secondary N) is 1. The first kappa shape index (κ1) is 12.7. The number of nitrogens with two attached hydrogens (primary N) is 1. The molecular weight excluding hydrogens is 236 g/mol. The van der Waals surface area contributed by atoms with Crippen molar-refractivity contribution in [2.24, 2.45) is 5.84 Å². The molecule has 7 heteroatoms. The fraction of sp³-hybridized carbons (Fsp3) is 0.800. The summed E-state index contributed by atoms with van der Waals surface area (Å²) in [5.74, 6) is 5.43. The Labute approximate surface area is 106 Å². The number of hydrazine groups is 1. The van der Waals surface area contributed by atoms with Gasteiger partial charge < -0.3 is 10.3 Å². The Bertz CT molecular complexity index is 352. The van der Waals surface area contributed by atoms with Crippen LogP contribution in [-0.2, 0) is 6.54 Å². The molecular formula is C10H20N6S. The molecule has 0 amide bonds. The number of hydrogen-bond donors (Lipinski definition) is 2. The molecule has 0 aromatic carbocycles. The fourth-order valence-corrected chi connectivity index (χ4v) is 2.71. The van der Waals surface area contributed by atoms with Crippen molar-refractivity contribution < 1.29 is 0 Å². The molecule has 1 unspecified atom stereocenters. The van der Waals surface area contributed by atoms with Crippen LogP contribution in [0.3, 0.4) is 0 Å². The summed E-state index contributed by atoms with van der Waals surface area (Å²) in [4.78, 5) is 4.72. The average molecular weight is 256 g/mol. The van der Waals surface area contributed by atoms with Crippen LogP contribution in [0.15, 0.2) is 0 Å². The van der Waals surface area contributed by atoms with Crippen LogP contribution in [0.4, 0.5) is 5.00 Å². The van der Waals surface area contributed by atoms with E-state index in [0.29, 0.717) is 6.04 Å². The van der Waals surface area contributed by atoms with E-state index in [0.717, 1.165) is 30.3 Å². The summed E-state index contributed by atoms with van der Waals surface area (Å²) in [7, 11) is 4.29. The van der Waals surface area contributed by atoms with Crippen molar-refractivity contribution in [3.05, 3.63) is 5.69 Å². The molecule has 2 heterocycles. The molecule has 0 saturated carbocycles. The second kappa shape index (κ2) is 5.72. The predicted molar refractivity (Wildman–Crippen MR) is 69.7 cm³/mol. The van der Waals surface area contributed by atoms with Gasteiger partial charge >= 0.3 is 0 Å². The summed E-state index contributed by atoms with van der Waals surface area (Å²) in [6, 6.07) is 0.643. The Morgan fingerprint density at radius 1 is 1.59 bits per heavy atom. The van der Waals surface area contributed by atoms with Gasteiger partial charge in [0.2, 0.25) is 0 Å². The van der Waals surface area contributed by atoms with Gasteiger partial charge in [0.05, 0.1) is 0 Å². The Balaban J connectivity index is 1.94. The summed E-state index contributed by atoms with van der Waals surface area (Å²) < 4.78 is 3.92. The molecule has 6 nitrogen and oxygen atoms in total. The number of hydrogen-bond acceptors (Lipinski definition) is 7. The minimum Gasteiger partial charge on any atom is -0.313 e. The molecule has 1 fully saturated rings. The molecule has 96 valence electrons. The molecule has 1 atom stereocenters. The van der Waals surface area contributed by atoms with E-state index in [1.165, 1.54) is 24.4 Å². The summed E-state index contributed by atoms with van der Waals surface area (Å²) in [5, 5.41) is 4.99. The molecule has 1 saturated heterocycles. The van der Waals surface area contributed by atoms with Crippen molar-refractivity contribution in [2.45, 2.75) is 25.4 Å². The van der Waals surface area contributed by atoms with Crippen LogP contribution in [0.5, 0.6) is 0 Å². The number of anilines is 1. The van der Waals surface area contributed by atoms with Gasteiger partial charge in [0, 0.05) is 30.7 Å². The SMILES string of the molecule is CN(C)C1CCCN(Cc2nnsc2NN)C1. The van der Waals surface area contributed by atoms with Gasteiger partial charge in [-0.2, -0.15) is 0 Å². The quantitative estimate of drug-likeness (QED) is 0.598. The Kier molecular flexibility index (Phi) is 4.27. The monoisotopic (exact) mass is 256 g/mol. The van der Waals surface area contributed by atoms with Crippen molar-refractivity contribution in [3.63, 3.8) is 0 Å². The minimum absolute atomic E-state index is 0.643. The molecule has 1 aromatic heterocycles. The number of likely N-dealkylation sites (N-methyl/N-ethyl adjacent to an activating group) is 1. The van der Waals surface area contributed by atoms with Gasteiger partial charge in [0.1, 0.15) is 10.7 Å². The molecule has 0 spiro atoms. The zero-order valence-electron chi connectivity index (χ0n) is 10.4. The third-order valence-electron chi connectivity index (χ3n) is 3.27. The third kappa shape index (κ3) is 3.12. The number of aromatic nitrogens is 2. The van der Waals surface area contributed by atoms with Gasteiger partial charge in [-0.3, -0.25) is 4.90 Å². The van der Waals surface area contributed by atoms with Gasteiger partial charge in [-0.25, -0.2) is 5.84 Å². The topological polar surface area (TPSA) is 70.3 Å². The lowest BCUT2D eigenvalue weighted by Crippen LogP contribution is -2.44. The normalized spacial score (nSPS) is 22.0. The van der Waals surface area contributed by atoms with Crippen molar-refractivity contribution in [1.29, 1.82) is 0 Å². The predicted octanol–water partition coefficient (Wildman–Crippen LogP) is 0.350. The van der Waals surface area contributed by atoms with Crippen LogP contribution < -0.4 is 11.3 Å². The second-order valence-electron chi connectivity index (χ2n) is 4.69. The van der Waals surface area contributed by atoms with E-state index in [1.54, 1.807) is 0 Å². The van der Waals surface area contributed by atoms with Crippen LogP contribution in [0.2, 0.25) is 0 Å². The maximum Gasteiger partial charge on any atom is 0.148 e. The Morgan fingerprint density at radius 2 is 2.41 bits per heavy atom. The molecule has 0 bridgehead atoms. The van der Waals surface area contributed by atoms with Crippen LogP contribution >= 0.6 is 11.5 Å². The maximum atomic E-state index is 5.43. The number of nitrogen functional groups attached to an aromatic ring is 1. The zero-order chi connectivity index (χ0) is 12.3. The summed E-state index contributed by atoms with van der Waals surface area (Å²) in [6.45, 7) is 3.06. The lowest BCUT2D eigenvalue weighted by atomic mass is 10.0. The van der Waals surface area contributed by atoms with E-state index in [1.807, 2.05) is 0 Å². The standard InChI is InChI=1S/C10H20N6S/c1-15(2)8-4-3-5-16(6-8)7-9-10(12-11)17-14-13-9/h8,12H,3-7,11H2,1-2H3. The largest absolute Gasteiger partial charge is 0.313 e. The van der Waals surface area contributed by atoms with Gasteiger partial charge in [0.25, 0.3) is 0 Å². The van der Waals surface area contributed by atoms with Crippen LogP contribution in [0, 0.1) is 0 Å². The highest BCUT2D eigenvalue weighted by Crippen LogP contribution is 2.21. The first-order chi connectivity index (χ1) is 8.20. The van der Waals surface area contributed by atoms with Crippen molar-refractivity contribution in [3.8, 4) is 0 Å². The molecule has 0 radical (unpaired) electrons. The highest BCUT2D eigenvalue weighted by Gasteiger charge is 2.22. The summed E-state index contributed by atoms with van der Waals surface area (Å²) in [5.41, 5.74) is 3.61. The molecule has 2 rings (SSSR count). The maximum absolute atomic E-state index is 5.43. The lowest BCUT2D eigenvalue weighted by molar-refractivity contribution is 0.127. The molecule has 1 aliphatic heterocycles. The number of piperidine rings is 1. The van der Waals surface area contributed by atoms with Crippen molar-refractivity contribution >= 4 is 16.5 Å². The Hall–Kier alpha value is -0.760. The van der Waals surface area contributed by atoms with E-state index >= 15 is 0 Å². The van der Waals surface area contributed by atoms with Gasteiger partial charge in [-0.1, -0.05) is 4.49 Å².